The maximum Gasteiger partial charge on any atom is 0.305 e. The number of aliphatic hydroxyl groups excluding tert-OH is 2. The van der Waals surface area contributed by atoms with Crippen LogP contribution in [0.1, 0.15) is 399 Å². The summed E-state index contributed by atoms with van der Waals surface area (Å²) in [5.74, 6) is -0.0440. The van der Waals surface area contributed by atoms with Gasteiger partial charge in [0.15, 0.2) is 0 Å². The highest BCUT2D eigenvalue weighted by Gasteiger charge is 2.18. The molecule has 1 amide bonds. The summed E-state index contributed by atoms with van der Waals surface area (Å²) in [4.78, 5) is 24.6. The Morgan fingerprint density at radius 1 is 0.346 bits per heavy atom. The molecule has 0 rings (SSSR count). The average molecular weight is 1100 g/mol. The topological polar surface area (TPSA) is 95.9 Å². The van der Waals surface area contributed by atoms with Crippen LogP contribution in [-0.2, 0) is 14.3 Å². The Bertz CT molecular complexity index is 1220. The van der Waals surface area contributed by atoms with E-state index in [0.717, 1.165) is 38.5 Å². The lowest BCUT2D eigenvalue weighted by Crippen LogP contribution is -2.45. The second-order valence-corrected chi connectivity index (χ2v) is 24.6. The first kappa shape index (κ1) is 76.3. The van der Waals surface area contributed by atoms with Gasteiger partial charge in [-0.05, 0) is 57.8 Å². The molecule has 6 heteroatoms. The normalized spacial score (nSPS) is 12.6. The van der Waals surface area contributed by atoms with E-state index in [1.165, 1.54) is 334 Å². The van der Waals surface area contributed by atoms with Gasteiger partial charge in [0.05, 0.1) is 25.4 Å². The summed E-state index contributed by atoms with van der Waals surface area (Å²) in [6.45, 7) is 4.94. The summed E-state index contributed by atoms with van der Waals surface area (Å²) in [5, 5.41) is 23.2. The number of carbonyl (C=O) groups is 2. The van der Waals surface area contributed by atoms with Gasteiger partial charge in [-0.1, -0.05) is 353 Å². The lowest BCUT2D eigenvalue weighted by molar-refractivity contribution is -0.143. The molecule has 0 radical (unpaired) electrons. The van der Waals surface area contributed by atoms with Crippen LogP contribution >= 0.6 is 0 Å². The summed E-state index contributed by atoms with van der Waals surface area (Å²) < 4.78 is 5.50. The first-order valence-electron chi connectivity index (χ1n) is 35.6. The van der Waals surface area contributed by atoms with Crippen molar-refractivity contribution in [2.24, 2.45) is 0 Å². The molecular formula is C72H139NO5. The highest BCUT2D eigenvalue weighted by molar-refractivity contribution is 5.76. The number of carbonyl (C=O) groups excluding carboxylic acids is 2. The van der Waals surface area contributed by atoms with E-state index < -0.39 is 12.1 Å². The highest BCUT2D eigenvalue weighted by Crippen LogP contribution is 2.19. The predicted molar refractivity (Wildman–Crippen MR) is 343 cm³/mol. The smallest absolute Gasteiger partial charge is 0.305 e. The Morgan fingerprint density at radius 3 is 0.910 bits per heavy atom. The third-order valence-corrected chi connectivity index (χ3v) is 16.7. The van der Waals surface area contributed by atoms with Crippen molar-refractivity contribution in [2.45, 2.75) is 411 Å². The van der Waals surface area contributed by atoms with Crippen LogP contribution in [0, 0.1) is 0 Å². The van der Waals surface area contributed by atoms with Crippen LogP contribution < -0.4 is 5.32 Å². The second kappa shape index (κ2) is 67.8. The summed E-state index contributed by atoms with van der Waals surface area (Å²) in [7, 11) is 0. The van der Waals surface area contributed by atoms with Crippen LogP contribution in [0.15, 0.2) is 24.3 Å². The van der Waals surface area contributed by atoms with Gasteiger partial charge in [-0.3, -0.25) is 9.59 Å². The third-order valence-electron chi connectivity index (χ3n) is 16.7. The molecule has 0 aliphatic carbocycles. The average Bonchev–Trinajstić information content (AvgIpc) is 3.44. The molecule has 0 heterocycles. The van der Waals surface area contributed by atoms with E-state index >= 15 is 0 Å². The number of rotatable bonds is 67. The summed E-state index contributed by atoms with van der Waals surface area (Å²) in [6, 6.07) is -0.627. The van der Waals surface area contributed by atoms with Gasteiger partial charge in [0.2, 0.25) is 5.91 Å². The van der Waals surface area contributed by atoms with E-state index in [0.29, 0.717) is 19.4 Å². The molecule has 0 aromatic heterocycles. The Balaban J connectivity index is 3.37. The largest absolute Gasteiger partial charge is 0.466 e. The zero-order valence-corrected chi connectivity index (χ0v) is 52.9. The second-order valence-electron chi connectivity index (χ2n) is 24.6. The zero-order valence-electron chi connectivity index (χ0n) is 52.9. The number of hydrogen-bond donors (Lipinski definition) is 3. The fourth-order valence-electron chi connectivity index (χ4n) is 11.3. The minimum atomic E-state index is -0.844. The maximum absolute atomic E-state index is 12.5. The highest BCUT2D eigenvalue weighted by atomic mass is 16.5. The van der Waals surface area contributed by atoms with Crippen LogP contribution in [0.2, 0.25) is 0 Å². The van der Waals surface area contributed by atoms with Crippen molar-refractivity contribution in [3.05, 3.63) is 24.3 Å². The SMILES string of the molecule is CCCCCCCCCCCCCCCC/C=C/C(O)C(CO)NC(=O)CCCCCCCCCCCCCCC/C=C\CCCCCCCCCCCCCCOC(=O)CCCCCCCCCCCCCCCCCC. The first-order chi connectivity index (χ1) is 38.5. The van der Waals surface area contributed by atoms with Crippen LogP contribution in [0.3, 0.4) is 0 Å². The summed E-state index contributed by atoms with van der Waals surface area (Å²) >= 11 is 0. The van der Waals surface area contributed by atoms with Gasteiger partial charge in [0.1, 0.15) is 0 Å². The molecule has 2 unspecified atom stereocenters. The van der Waals surface area contributed by atoms with Crippen LogP contribution in [-0.4, -0.2) is 47.4 Å². The standard InChI is InChI=1S/C72H139NO5/c1-3-5-7-9-11-13-15-17-19-36-40-44-48-52-56-60-64-70(75)69(68-74)73-71(76)65-61-57-53-49-45-41-37-34-32-30-28-26-24-22-21-23-25-27-29-31-33-35-39-43-47-51-55-59-63-67-78-72(77)66-62-58-54-50-46-42-38-20-18-16-14-12-10-8-6-4-2/h21,23,60,64,69-70,74-75H,3-20,22,24-59,61-63,65-68H2,1-2H3,(H,73,76)/b23-21-,64-60+. The van der Waals surface area contributed by atoms with Crippen molar-refractivity contribution in [2.75, 3.05) is 13.2 Å². The van der Waals surface area contributed by atoms with Crippen molar-refractivity contribution >= 4 is 11.9 Å². The van der Waals surface area contributed by atoms with Gasteiger partial charge in [-0.15, -0.1) is 0 Å². The number of esters is 1. The number of hydrogen-bond acceptors (Lipinski definition) is 5. The Morgan fingerprint density at radius 2 is 0.603 bits per heavy atom. The van der Waals surface area contributed by atoms with Crippen molar-refractivity contribution in [3.8, 4) is 0 Å². The molecule has 3 N–H and O–H groups in total. The van der Waals surface area contributed by atoms with Crippen molar-refractivity contribution < 1.29 is 24.5 Å². The molecule has 0 aliphatic rings. The lowest BCUT2D eigenvalue weighted by Gasteiger charge is -2.20. The minimum absolute atomic E-state index is 0.0203. The number of amides is 1. The molecule has 2 atom stereocenters. The monoisotopic (exact) mass is 1100 g/mol. The van der Waals surface area contributed by atoms with Crippen molar-refractivity contribution in [3.63, 3.8) is 0 Å². The van der Waals surface area contributed by atoms with Gasteiger partial charge in [0.25, 0.3) is 0 Å². The fraction of sp³-hybridized carbons (Fsp3) is 0.917. The minimum Gasteiger partial charge on any atom is -0.466 e. The van der Waals surface area contributed by atoms with Crippen molar-refractivity contribution in [1.82, 2.24) is 5.32 Å². The zero-order chi connectivity index (χ0) is 56.4. The van der Waals surface area contributed by atoms with Gasteiger partial charge in [0, 0.05) is 12.8 Å². The molecule has 0 fully saturated rings. The van der Waals surface area contributed by atoms with Crippen molar-refractivity contribution in [1.29, 1.82) is 0 Å². The molecule has 462 valence electrons. The van der Waals surface area contributed by atoms with E-state index in [2.05, 4.69) is 31.3 Å². The molecule has 0 spiro atoms. The third kappa shape index (κ3) is 63.5. The number of unbranched alkanes of at least 4 members (excludes halogenated alkanes) is 54. The Labute approximate surface area is 488 Å². The van der Waals surface area contributed by atoms with Crippen LogP contribution in [0.5, 0.6) is 0 Å². The van der Waals surface area contributed by atoms with E-state index in [-0.39, 0.29) is 18.5 Å². The maximum atomic E-state index is 12.5. The quantitative estimate of drug-likeness (QED) is 0.0320. The van der Waals surface area contributed by atoms with Crippen LogP contribution in [0.4, 0.5) is 0 Å². The molecule has 78 heavy (non-hydrogen) atoms. The molecule has 0 aliphatic heterocycles. The number of allylic oxidation sites excluding steroid dienone is 3. The molecule has 0 aromatic carbocycles. The van der Waals surface area contributed by atoms with E-state index in [9.17, 15) is 19.8 Å². The van der Waals surface area contributed by atoms with Gasteiger partial charge in [-0.2, -0.15) is 0 Å². The number of ether oxygens (including phenoxy) is 1. The predicted octanol–water partition coefficient (Wildman–Crippen LogP) is 22.9. The summed E-state index contributed by atoms with van der Waals surface area (Å²) in [5.41, 5.74) is 0. The molecule has 0 aromatic rings. The van der Waals surface area contributed by atoms with Gasteiger partial charge >= 0.3 is 5.97 Å². The molecule has 0 saturated heterocycles. The van der Waals surface area contributed by atoms with E-state index in [4.69, 9.17) is 4.74 Å². The molecular weight excluding hydrogens is 959 g/mol. The molecule has 0 saturated carbocycles. The van der Waals surface area contributed by atoms with E-state index in [1.807, 2.05) is 6.08 Å². The molecule has 6 nitrogen and oxygen atoms in total. The Kier molecular flexibility index (Phi) is 66.4. The lowest BCUT2D eigenvalue weighted by atomic mass is 10.0. The summed E-state index contributed by atoms with van der Waals surface area (Å²) in [6.07, 6.45) is 85.5. The Hall–Kier alpha value is -1.66. The van der Waals surface area contributed by atoms with E-state index in [1.54, 1.807) is 6.08 Å². The molecule has 0 bridgehead atoms. The number of nitrogens with one attached hydrogen (secondary N) is 1. The fourth-order valence-corrected chi connectivity index (χ4v) is 11.3. The van der Waals surface area contributed by atoms with Crippen LogP contribution in [0.25, 0.3) is 0 Å². The van der Waals surface area contributed by atoms with Gasteiger partial charge < -0.3 is 20.3 Å². The van der Waals surface area contributed by atoms with Gasteiger partial charge in [-0.25, -0.2) is 0 Å². The number of aliphatic hydroxyl groups is 2. The first-order valence-corrected chi connectivity index (χ1v) is 35.6.